The van der Waals surface area contributed by atoms with E-state index < -0.39 is 0 Å². The molecule has 1 aliphatic rings. The van der Waals surface area contributed by atoms with Gasteiger partial charge in [0.1, 0.15) is 17.0 Å². The number of piperazine rings is 1. The predicted molar refractivity (Wildman–Crippen MR) is 113 cm³/mol. The maximum absolute atomic E-state index is 12.0. The standard InChI is InChI=1S/C21H24N4O2S/c1-4-27-21(26)25-9-7-24(8-10-25)19-18-17(12-28-20(18)23-13-22-19)16-6-5-14(2)11-15(16)3/h5-6,11-13H,4,7-10H2,1-3H3. The summed E-state index contributed by atoms with van der Waals surface area (Å²) < 4.78 is 5.12. The quantitative estimate of drug-likeness (QED) is 0.662. The lowest BCUT2D eigenvalue weighted by atomic mass is 9.99. The Balaban J connectivity index is 1.67. The molecule has 4 rings (SSSR count). The first-order valence-electron chi connectivity index (χ1n) is 9.55. The molecule has 146 valence electrons. The number of thiophene rings is 1. The molecule has 0 radical (unpaired) electrons. The van der Waals surface area contributed by atoms with E-state index in [0.717, 1.165) is 29.1 Å². The summed E-state index contributed by atoms with van der Waals surface area (Å²) >= 11 is 1.65. The van der Waals surface area contributed by atoms with Gasteiger partial charge < -0.3 is 14.5 Å². The largest absolute Gasteiger partial charge is 0.450 e. The third kappa shape index (κ3) is 3.42. The Kier molecular flexibility index (Phi) is 5.17. The van der Waals surface area contributed by atoms with Crippen LogP contribution in [0.1, 0.15) is 18.1 Å². The normalized spacial score (nSPS) is 14.5. The zero-order valence-corrected chi connectivity index (χ0v) is 17.3. The highest BCUT2D eigenvalue weighted by atomic mass is 32.1. The number of hydrogen-bond acceptors (Lipinski definition) is 6. The van der Waals surface area contributed by atoms with E-state index >= 15 is 0 Å². The van der Waals surface area contributed by atoms with Crippen molar-refractivity contribution in [3.8, 4) is 11.1 Å². The Morgan fingerprint density at radius 3 is 2.64 bits per heavy atom. The van der Waals surface area contributed by atoms with Crippen LogP contribution in [0.5, 0.6) is 0 Å². The van der Waals surface area contributed by atoms with Crippen LogP contribution < -0.4 is 4.90 Å². The Morgan fingerprint density at radius 1 is 1.14 bits per heavy atom. The minimum atomic E-state index is -0.235. The van der Waals surface area contributed by atoms with Crippen molar-refractivity contribution >= 4 is 33.5 Å². The first kappa shape index (κ1) is 18.7. The van der Waals surface area contributed by atoms with Crippen LogP contribution in [-0.2, 0) is 4.74 Å². The van der Waals surface area contributed by atoms with Crippen molar-refractivity contribution < 1.29 is 9.53 Å². The number of amides is 1. The van der Waals surface area contributed by atoms with Crippen molar-refractivity contribution in [3.05, 3.63) is 41.0 Å². The van der Waals surface area contributed by atoms with E-state index in [1.165, 1.54) is 22.3 Å². The molecule has 2 aromatic heterocycles. The second-order valence-electron chi connectivity index (χ2n) is 7.02. The third-order valence-electron chi connectivity index (χ3n) is 5.13. The van der Waals surface area contributed by atoms with Gasteiger partial charge >= 0.3 is 6.09 Å². The molecule has 0 aliphatic carbocycles. The van der Waals surface area contributed by atoms with Crippen molar-refractivity contribution in [2.45, 2.75) is 20.8 Å². The number of anilines is 1. The number of benzene rings is 1. The average molecular weight is 397 g/mol. The van der Waals surface area contributed by atoms with Gasteiger partial charge in [0, 0.05) is 37.1 Å². The van der Waals surface area contributed by atoms with E-state index in [1.54, 1.807) is 22.6 Å². The molecule has 0 saturated carbocycles. The molecule has 6 nitrogen and oxygen atoms in total. The summed E-state index contributed by atoms with van der Waals surface area (Å²) in [5.41, 5.74) is 4.91. The zero-order valence-electron chi connectivity index (χ0n) is 16.4. The van der Waals surface area contributed by atoms with Crippen molar-refractivity contribution in [1.29, 1.82) is 0 Å². The Bertz CT molecular complexity index is 1010. The number of hydrogen-bond donors (Lipinski definition) is 0. The number of carbonyl (C=O) groups excluding carboxylic acids is 1. The molecule has 0 atom stereocenters. The number of nitrogens with zero attached hydrogens (tertiary/aromatic N) is 4. The fourth-order valence-corrected chi connectivity index (χ4v) is 4.63. The fraction of sp³-hybridized carbons (Fsp3) is 0.381. The van der Waals surface area contributed by atoms with Gasteiger partial charge in [-0.25, -0.2) is 14.8 Å². The Labute approximate surface area is 168 Å². The molecule has 0 bridgehead atoms. The monoisotopic (exact) mass is 396 g/mol. The summed E-state index contributed by atoms with van der Waals surface area (Å²) in [5, 5.41) is 3.28. The molecule has 1 saturated heterocycles. The molecular formula is C21H24N4O2S. The highest BCUT2D eigenvalue weighted by Crippen LogP contribution is 2.39. The minimum Gasteiger partial charge on any atom is -0.450 e. The summed E-state index contributed by atoms with van der Waals surface area (Å²) in [6, 6.07) is 6.54. The minimum absolute atomic E-state index is 0.235. The lowest BCUT2D eigenvalue weighted by molar-refractivity contribution is 0.105. The maximum atomic E-state index is 12.0. The van der Waals surface area contributed by atoms with Gasteiger partial charge in [0.15, 0.2) is 0 Å². The number of carbonyl (C=O) groups is 1. The summed E-state index contributed by atoms with van der Waals surface area (Å²) in [4.78, 5) is 26.1. The van der Waals surface area contributed by atoms with E-state index in [2.05, 4.69) is 52.3 Å². The van der Waals surface area contributed by atoms with Crippen molar-refractivity contribution in [2.75, 3.05) is 37.7 Å². The molecule has 1 fully saturated rings. The summed E-state index contributed by atoms with van der Waals surface area (Å²) in [5.74, 6) is 0.949. The lowest BCUT2D eigenvalue weighted by Crippen LogP contribution is -2.49. The number of fused-ring (bicyclic) bond motifs is 1. The van der Waals surface area contributed by atoms with Crippen LogP contribution in [0.25, 0.3) is 21.3 Å². The molecule has 0 unspecified atom stereocenters. The van der Waals surface area contributed by atoms with E-state index in [4.69, 9.17) is 4.74 Å². The number of ether oxygens (including phenoxy) is 1. The van der Waals surface area contributed by atoms with Crippen LogP contribution in [-0.4, -0.2) is 53.7 Å². The molecule has 0 spiro atoms. The van der Waals surface area contributed by atoms with Gasteiger partial charge in [0.25, 0.3) is 0 Å². The molecule has 28 heavy (non-hydrogen) atoms. The second kappa shape index (κ2) is 7.75. The van der Waals surface area contributed by atoms with E-state index in [0.29, 0.717) is 19.7 Å². The lowest BCUT2D eigenvalue weighted by Gasteiger charge is -2.35. The van der Waals surface area contributed by atoms with Crippen LogP contribution in [0.15, 0.2) is 29.9 Å². The van der Waals surface area contributed by atoms with Crippen LogP contribution in [0.3, 0.4) is 0 Å². The maximum Gasteiger partial charge on any atom is 0.409 e. The summed E-state index contributed by atoms with van der Waals surface area (Å²) in [6.07, 6.45) is 1.40. The molecular weight excluding hydrogens is 372 g/mol. The van der Waals surface area contributed by atoms with Gasteiger partial charge in [0.05, 0.1) is 12.0 Å². The topological polar surface area (TPSA) is 58.6 Å². The molecule has 7 heteroatoms. The van der Waals surface area contributed by atoms with Gasteiger partial charge in [-0.2, -0.15) is 0 Å². The van der Waals surface area contributed by atoms with Gasteiger partial charge in [-0.15, -0.1) is 11.3 Å². The van der Waals surface area contributed by atoms with Crippen LogP contribution in [0, 0.1) is 13.8 Å². The van der Waals surface area contributed by atoms with Gasteiger partial charge in [-0.05, 0) is 31.9 Å². The number of aromatic nitrogens is 2. The number of rotatable bonds is 3. The Hall–Kier alpha value is -2.67. The highest BCUT2D eigenvalue weighted by Gasteiger charge is 2.25. The van der Waals surface area contributed by atoms with Gasteiger partial charge in [-0.1, -0.05) is 23.8 Å². The van der Waals surface area contributed by atoms with E-state index in [9.17, 15) is 4.79 Å². The average Bonchev–Trinajstić information content (AvgIpc) is 3.12. The van der Waals surface area contributed by atoms with E-state index in [-0.39, 0.29) is 6.09 Å². The van der Waals surface area contributed by atoms with Crippen LogP contribution >= 0.6 is 11.3 Å². The predicted octanol–water partition coefficient (Wildman–Crippen LogP) is 4.25. The third-order valence-corrected chi connectivity index (χ3v) is 6.01. The molecule has 3 aromatic rings. The zero-order chi connectivity index (χ0) is 19.7. The highest BCUT2D eigenvalue weighted by molar-refractivity contribution is 7.17. The fourth-order valence-electron chi connectivity index (χ4n) is 3.73. The van der Waals surface area contributed by atoms with Crippen molar-refractivity contribution in [3.63, 3.8) is 0 Å². The first-order valence-corrected chi connectivity index (χ1v) is 10.4. The van der Waals surface area contributed by atoms with E-state index in [1.807, 2.05) is 6.92 Å². The van der Waals surface area contributed by atoms with Crippen molar-refractivity contribution in [1.82, 2.24) is 14.9 Å². The molecule has 1 aromatic carbocycles. The molecule has 3 heterocycles. The molecule has 1 aliphatic heterocycles. The van der Waals surface area contributed by atoms with Crippen LogP contribution in [0.2, 0.25) is 0 Å². The van der Waals surface area contributed by atoms with Crippen LogP contribution in [0.4, 0.5) is 10.6 Å². The van der Waals surface area contributed by atoms with Gasteiger partial charge in [0.2, 0.25) is 0 Å². The Morgan fingerprint density at radius 2 is 1.93 bits per heavy atom. The molecule has 1 amide bonds. The first-order chi connectivity index (χ1) is 13.6. The number of aryl methyl sites for hydroxylation is 2. The smallest absolute Gasteiger partial charge is 0.409 e. The SMILES string of the molecule is CCOC(=O)N1CCN(c2ncnc3scc(-c4ccc(C)cc4C)c23)CC1. The van der Waals surface area contributed by atoms with Gasteiger partial charge in [-0.3, -0.25) is 0 Å². The second-order valence-corrected chi connectivity index (χ2v) is 7.88. The molecule has 0 N–H and O–H groups in total. The van der Waals surface area contributed by atoms with Crippen molar-refractivity contribution in [2.24, 2.45) is 0 Å². The summed E-state index contributed by atoms with van der Waals surface area (Å²) in [6.45, 7) is 9.21. The summed E-state index contributed by atoms with van der Waals surface area (Å²) in [7, 11) is 0.